The Morgan fingerprint density at radius 1 is 1.50 bits per heavy atom. The fourth-order valence-corrected chi connectivity index (χ4v) is 3.19. The zero-order valence-electron chi connectivity index (χ0n) is 13.1. The average Bonchev–Trinajstić information content (AvgIpc) is 2.98. The van der Waals surface area contributed by atoms with Crippen LogP contribution in [0.25, 0.3) is 0 Å². The number of hydrogen-bond acceptors (Lipinski definition) is 6. The van der Waals surface area contributed by atoms with Crippen LogP contribution in [-0.2, 0) is 16.5 Å². The predicted molar refractivity (Wildman–Crippen MR) is 78.5 cm³/mol. The first-order chi connectivity index (χ1) is 10.7. The Balaban J connectivity index is 1.67. The summed E-state index contributed by atoms with van der Waals surface area (Å²) in [5.74, 6) is 0.164. The van der Waals surface area contributed by atoms with Gasteiger partial charge in [0.2, 0.25) is 5.82 Å². The molecule has 2 aliphatic rings. The van der Waals surface area contributed by atoms with Crippen LogP contribution >= 0.6 is 0 Å². The maximum atomic E-state index is 12.5. The Morgan fingerprint density at radius 2 is 2.36 bits per heavy atom. The van der Waals surface area contributed by atoms with E-state index in [1.165, 1.54) is 0 Å². The first-order valence-electron chi connectivity index (χ1n) is 7.68. The van der Waals surface area contributed by atoms with Crippen molar-refractivity contribution in [3.05, 3.63) is 12.2 Å². The highest BCUT2D eigenvalue weighted by molar-refractivity contribution is 5.90. The van der Waals surface area contributed by atoms with Crippen LogP contribution in [0.5, 0.6) is 0 Å². The minimum atomic E-state index is -0.101. The quantitative estimate of drug-likeness (QED) is 0.738. The minimum absolute atomic E-state index is 0.101. The lowest BCUT2D eigenvalue weighted by Crippen LogP contribution is -2.61. The van der Waals surface area contributed by atoms with Gasteiger partial charge in [0.15, 0.2) is 0 Å². The fourth-order valence-electron chi connectivity index (χ4n) is 3.19. The summed E-state index contributed by atoms with van der Waals surface area (Å²) in [5, 5.41) is 4.11. The summed E-state index contributed by atoms with van der Waals surface area (Å²) in [7, 11) is 3.47. The zero-order chi connectivity index (χ0) is 15.5. The molecule has 2 atom stereocenters. The molecule has 2 aliphatic heterocycles. The van der Waals surface area contributed by atoms with Gasteiger partial charge in [-0.15, -0.1) is 5.10 Å². The number of methoxy groups -OCH3 is 1. The second-order valence-corrected chi connectivity index (χ2v) is 5.79. The molecule has 3 rings (SSSR count). The Labute approximate surface area is 130 Å². The normalized spacial score (nSPS) is 26.0. The molecule has 0 bridgehead atoms. The third kappa shape index (κ3) is 3.13. The van der Waals surface area contributed by atoms with Crippen LogP contribution in [0.1, 0.15) is 17.0 Å². The Kier molecular flexibility index (Phi) is 4.70. The number of ether oxygens (including phenoxy) is 2. The van der Waals surface area contributed by atoms with Crippen LogP contribution in [0.3, 0.4) is 0 Å². The van der Waals surface area contributed by atoms with Crippen LogP contribution < -0.4 is 0 Å². The summed E-state index contributed by atoms with van der Waals surface area (Å²) in [6.45, 7) is 4.54. The molecule has 1 aromatic heterocycles. The Hall–Kier alpha value is -1.51. The third-order valence-electron chi connectivity index (χ3n) is 4.36. The maximum Gasteiger partial charge on any atom is 0.293 e. The summed E-state index contributed by atoms with van der Waals surface area (Å²) < 4.78 is 12.6. The number of nitrogens with zero attached hydrogens (tertiary/aromatic N) is 5. The number of amides is 1. The lowest BCUT2D eigenvalue weighted by atomic mass is 9.98. The molecule has 8 nitrogen and oxygen atoms in total. The molecule has 2 fully saturated rings. The fraction of sp³-hybridized carbons (Fsp3) is 0.786. The van der Waals surface area contributed by atoms with Crippen molar-refractivity contribution in [3.8, 4) is 0 Å². The molecule has 2 saturated heterocycles. The van der Waals surface area contributed by atoms with Crippen LogP contribution in [0.4, 0.5) is 0 Å². The number of rotatable bonds is 4. The summed E-state index contributed by atoms with van der Waals surface area (Å²) in [6, 6.07) is 0.227. The summed E-state index contributed by atoms with van der Waals surface area (Å²) in [5.41, 5.74) is 0. The average molecular weight is 309 g/mol. The highest BCUT2D eigenvalue weighted by Crippen LogP contribution is 2.23. The molecule has 22 heavy (non-hydrogen) atoms. The van der Waals surface area contributed by atoms with Gasteiger partial charge in [-0.2, -0.15) is 0 Å². The lowest BCUT2D eigenvalue weighted by molar-refractivity contribution is -0.101. The van der Waals surface area contributed by atoms with E-state index in [0.717, 1.165) is 26.1 Å². The van der Waals surface area contributed by atoms with Crippen molar-refractivity contribution in [2.45, 2.75) is 18.6 Å². The largest absolute Gasteiger partial charge is 0.383 e. The van der Waals surface area contributed by atoms with E-state index in [0.29, 0.717) is 19.7 Å². The Bertz CT molecular complexity index is 520. The number of aryl methyl sites for hydroxylation is 1. The minimum Gasteiger partial charge on any atom is -0.383 e. The number of hydrogen-bond donors (Lipinski definition) is 0. The smallest absolute Gasteiger partial charge is 0.293 e. The molecule has 1 aromatic rings. The number of piperidine rings is 1. The van der Waals surface area contributed by atoms with Crippen molar-refractivity contribution in [3.63, 3.8) is 0 Å². The van der Waals surface area contributed by atoms with Crippen LogP contribution in [0.2, 0.25) is 0 Å². The van der Waals surface area contributed by atoms with Crippen molar-refractivity contribution in [2.24, 2.45) is 7.05 Å². The molecular formula is C14H23N5O3. The second kappa shape index (κ2) is 6.72. The SMILES string of the molecule is COCCN1CCO[C@H]2CCN(C(=O)c3ncn(C)n3)C[C@@H]21. The van der Waals surface area contributed by atoms with E-state index >= 15 is 0 Å². The molecule has 0 unspecified atom stereocenters. The molecule has 0 aliphatic carbocycles. The number of likely N-dealkylation sites (tertiary alicyclic amines) is 1. The van der Waals surface area contributed by atoms with Gasteiger partial charge < -0.3 is 14.4 Å². The first kappa shape index (κ1) is 15.4. The van der Waals surface area contributed by atoms with Gasteiger partial charge in [-0.3, -0.25) is 14.4 Å². The van der Waals surface area contributed by atoms with E-state index in [1.54, 1.807) is 25.2 Å². The van der Waals surface area contributed by atoms with E-state index in [1.807, 2.05) is 4.90 Å². The van der Waals surface area contributed by atoms with Gasteiger partial charge in [0.25, 0.3) is 5.91 Å². The van der Waals surface area contributed by atoms with Crippen LogP contribution in [0, 0.1) is 0 Å². The zero-order valence-corrected chi connectivity index (χ0v) is 13.1. The van der Waals surface area contributed by atoms with Gasteiger partial charge in [0, 0.05) is 40.3 Å². The topological polar surface area (TPSA) is 72.7 Å². The summed E-state index contributed by atoms with van der Waals surface area (Å²) in [4.78, 5) is 20.8. The van der Waals surface area contributed by atoms with Gasteiger partial charge in [0.05, 0.1) is 25.4 Å². The highest BCUT2D eigenvalue weighted by atomic mass is 16.5. The van der Waals surface area contributed by atoms with Crippen LogP contribution in [0.15, 0.2) is 6.33 Å². The maximum absolute atomic E-state index is 12.5. The molecule has 0 saturated carbocycles. The Morgan fingerprint density at radius 3 is 3.09 bits per heavy atom. The molecular weight excluding hydrogens is 286 g/mol. The van der Waals surface area contributed by atoms with Gasteiger partial charge in [-0.05, 0) is 6.42 Å². The predicted octanol–water partition coefficient (Wildman–Crippen LogP) is -0.623. The molecule has 8 heteroatoms. The van der Waals surface area contributed by atoms with E-state index < -0.39 is 0 Å². The van der Waals surface area contributed by atoms with E-state index in [2.05, 4.69) is 15.0 Å². The van der Waals surface area contributed by atoms with Gasteiger partial charge in [-0.25, -0.2) is 4.98 Å². The van der Waals surface area contributed by atoms with Crippen molar-refractivity contribution >= 4 is 5.91 Å². The number of fused-ring (bicyclic) bond motifs is 1. The van der Waals surface area contributed by atoms with Gasteiger partial charge >= 0.3 is 0 Å². The number of aromatic nitrogens is 3. The third-order valence-corrected chi connectivity index (χ3v) is 4.36. The second-order valence-electron chi connectivity index (χ2n) is 5.79. The number of carbonyl (C=O) groups excluding carboxylic acids is 1. The molecule has 0 radical (unpaired) electrons. The van der Waals surface area contributed by atoms with Crippen LogP contribution in [-0.4, -0.2) is 89.1 Å². The molecule has 3 heterocycles. The van der Waals surface area contributed by atoms with E-state index in [4.69, 9.17) is 9.47 Å². The molecule has 122 valence electrons. The molecule has 0 spiro atoms. The lowest BCUT2D eigenvalue weighted by Gasteiger charge is -2.46. The highest BCUT2D eigenvalue weighted by Gasteiger charge is 2.38. The van der Waals surface area contributed by atoms with E-state index in [9.17, 15) is 4.79 Å². The first-order valence-corrected chi connectivity index (χ1v) is 7.68. The molecule has 0 aromatic carbocycles. The van der Waals surface area contributed by atoms with Crippen molar-refractivity contribution in [1.82, 2.24) is 24.6 Å². The standard InChI is InChI=1S/C14H23N5O3/c1-17-10-15-13(16-17)14(20)19-4-3-12-11(9-19)18(5-7-21-2)6-8-22-12/h10-12H,3-9H2,1-2H3/t11-,12-/m0/s1. The summed E-state index contributed by atoms with van der Waals surface area (Å²) in [6.07, 6.45) is 2.60. The van der Waals surface area contributed by atoms with E-state index in [-0.39, 0.29) is 23.9 Å². The molecule has 0 N–H and O–H groups in total. The summed E-state index contributed by atoms with van der Waals surface area (Å²) >= 11 is 0. The number of morpholine rings is 1. The van der Waals surface area contributed by atoms with Crippen molar-refractivity contribution < 1.29 is 14.3 Å². The van der Waals surface area contributed by atoms with Crippen molar-refractivity contribution in [1.29, 1.82) is 0 Å². The van der Waals surface area contributed by atoms with Crippen molar-refractivity contribution in [2.75, 3.05) is 46.5 Å². The van der Waals surface area contributed by atoms with Gasteiger partial charge in [-0.1, -0.05) is 0 Å². The van der Waals surface area contributed by atoms with Gasteiger partial charge in [0.1, 0.15) is 6.33 Å². The molecule has 1 amide bonds. The number of carbonyl (C=O) groups is 1. The monoisotopic (exact) mass is 309 g/mol.